The van der Waals surface area contributed by atoms with Gasteiger partial charge in [-0.3, -0.25) is 0 Å². The lowest BCUT2D eigenvalue weighted by Gasteiger charge is -2.49. The predicted molar refractivity (Wildman–Crippen MR) is 174 cm³/mol. The third-order valence-corrected chi connectivity index (χ3v) is 11.1. The molecule has 0 atom stereocenters. The van der Waals surface area contributed by atoms with Gasteiger partial charge >= 0.3 is 0 Å². The predicted octanol–water partition coefficient (Wildman–Crippen LogP) is 9.33. The maximum absolute atomic E-state index is 4.15. The van der Waals surface area contributed by atoms with Crippen LogP contribution in [0.25, 0.3) is 23.3 Å². The standard InChI is InChI=1S/C37H58N2/c1-13-31-17-19-33-34-20-18-32(14-2)26-36(34)37(35(33)25-31,21-23-38(15-3,27(5)6)28(7)8)22-24-39(16-4,29(9)10)30(11)12/h13-14,17-20,25-30H,1-2,15-16,21-24H2,3-12H3/q+2. The number of fused-ring (bicyclic) bond motifs is 3. The average Bonchev–Trinajstić information content (AvgIpc) is 3.17. The van der Waals surface area contributed by atoms with Crippen LogP contribution in [-0.4, -0.2) is 59.3 Å². The lowest BCUT2D eigenvalue weighted by atomic mass is 9.71. The zero-order valence-electron chi connectivity index (χ0n) is 27.0. The van der Waals surface area contributed by atoms with Crippen LogP contribution in [0.1, 0.15) is 104 Å². The van der Waals surface area contributed by atoms with E-state index in [-0.39, 0.29) is 5.41 Å². The number of benzene rings is 2. The van der Waals surface area contributed by atoms with Gasteiger partial charge in [-0.15, -0.1) is 0 Å². The largest absolute Gasteiger partial charge is 0.320 e. The molecule has 0 aromatic heterocycles. The highest BCUT2D eigenvalue weighted by atomic mass is 15.4. The maximum atomic E-state index is 4.15. The third-order valence-electron chi connectivity index (χ3n) is 11.1. The summed E-state index contributed by atoms with van der Waals surface area (Å²) in [5, 5.41) is 0. The van der Waals surface area contributed by atoms with E-state index in [2.05, 4.69) is 119 Å². The number of rotatable bonds is 14. The van der Waals surface area contributed by atoms with E-state index >= 15 is 0 Å². The van der Waals surface area contributed by atoms with Gasteiger partial charge in [0.1, 0.15) is 0 Å². The fraction of sp³-hybridized carbons (Fsp3) is 0.568. The molecule has 2 aromatic carbocycles. The van der Waals surface area contributed by atoms with Crippen LogP contribution in [0.3, 0.4) is 0 Å². The Hall–Kier alpha value is -2.16. The Morgan fingerprint density at radius 1 is 0.615 bits per heavy atom. The van der Waals surface area contributed by atoms with Crippen molar-refractivity contribution in [2.24, 2.45) is 0 Å². The summed E-state index contributed by atoms with van der Waals surface area (Å²) < 4.78 is 2.30. The Labute approximate surface area is 241 Å². The van der Waals surface area contributed by atoms with Crippen molar-refractivity contribution in [2.45, 2.75) is 112 Å². The molecule has 0 radical (unpaired) electrons. The molecular formula is C37H58N2+2. The fourth-order valence-electron chi connectivity index (χ4n) is 8.25. The number of nitrogens with zero attached hydrogens (tertiary/aromatic N) is 2. The molecule has 0 N–H and O–H groups in total. The highest BCUT2D eigenvalue weighted by Crippen LogP contribution is 2.54. The van der Waals surface area contributed by atoms with E-state index in [0.717, 1.165) is 34.9 Å². The number of hydrogen-bond acceptors (Lipinski definition) is 0. The lowest BCUT2D eigenvalue weighted by molar-refractivity contribution is -0.967. The first-order valence-corrected chi connectivity index (χ1v) is 15.7. The Bertz CT molecular complexity index is 1040. The monoisotopic (exact) mass is 530 g/mol. The maximum Gasteiger partial charge on any atom is 0.0835 e. The third kappa shape index (κ3) is 5.32. The molecule has 2 aromatic rings. The van der Waals surface area contributed by atoms with Gasteiger partial charge in [0.05, 0.1) is 50.3 Å². The van der Waals surface area contributed by atoms with Gasteiger partial charge in [-0.1, -0.05) is 61.7 Å². The Morgan fingerprint density at radius 3 is 1.21 bits per heavy atom. The van der Waals surface area contributed by atoms with Crippen molar-refractivity contribution in [3.8, 4) is 11.1 Å². The first-order chi connectivity index (χ1) is 18.4. The minimum absolute atomic E-state index is 0.0341. The van der Waals surface area contributed by atoms with E-state index in [1.807, 2.05) is 12.2 Å². The van der Waals surface area contributed by atoms with Gasteiger partial charge in [0, 0.05) is 18.3 Å². The Balaban J connectivity index is 2.30. The minimum Gasteiger partial charge on any atom is -0.320 e. The molecule has 0 spiro atoms. The normalized spacial score (nSPS) is 14.8. The van der Waals surface area contributed by atoms with Crippen LogP contribution >= 0.6 is 0 Å². The zero-order valence-corrected chi connectivity index (χ0v) is 27.0. The van der Waals surface area contributed by atoms with E-state index in [0.29, 0.717) is 24.2 Å². The van der Waals surface area contributed by atoms with Crippen LogP contribution in [0.15, 0.2) is 49.6 Å². The smallest absolute Gasteiger partial charge is 0.0835 e. The van der Waals surface area contributed by atoms with Crippen LogP contribution in [0.4, 0.5) is 0 Å². The van der Waals surface area contributed by atoms with Crippen LogP contribution in [0, 0.1) is 0 Å². The van der Waals surface area contributed by atoms with Crippen molar-refractivity contribution < 1.29 is 8.97 Å². The Morgan fingerprint density at radius 2 is 0.949 bits per heavy atom. The second-order valence-electron chi connectivity index (χ2n) is 13.3. The second-order valence-corrected chi connectivity index (χ2v) is 13.3. The molecule has 0 amide bonds. The molecule has 0 saturated carbocycles. The van der Waals surface area contributed by atoms with Crippen LogP contribution in [0.2, 0.25) is 0 Å². The molecule has 39 heavy (non-hydrogen) atoms. The second kappa shape index (κ2) is 12.1. The number of hydrogen-bond donors (Lipinski definition) is 0. The topological polar surface area (TPSA) is 0 Å². The molecule has 1 aliphatic rings. The van der Waals surface area contributed by atoms with Crippen molar-refractivity contribution in [1.82, 2.24) is 0 Å². The summed E-state index contributed by atoms with van der Waals surface area (Å²) in [7, 11) is 0. The molecule has 0 saturated heterocycles. The summed E-state index contributed by atoms with van der Waals surface area (Å²) in [6.45, 7) is 37.2. The molecule has 2 nitrogen and oxygen atoms in total. The summed E-state index contributed by atoms with van der Waals surface area (Å²) in [4.78, 5) is 0. The number of quaternary nitrogens is 2. The minimum atomic E-state index is -0.0341. The van der Waals surface area contributed by atoms with Gasteiger partial charge in [0.15, 0.2) is 0 Å². The highest BCUT2D eigenvalue weighted by molar-refractivity contribution is 5.83. The van der Waals surface area contributed by atoms with Crippen molar-refractivity contribution in [3.63, 3.8) is 0 Å². The van der Waals surface area contributed by atoms with Gasteiger partial charge in [-0.25, -0.2) is 0 Å². The summed E-state index contributed by atoms with van der Waals surface area (Å²) >= 11 is 0. The van der Waals surface area contributed by atoms with E-state index in [1.165, 1.54) is 46.5 Å². The first kappa shape index (κ1) is 31.4. The molecule has 0 heterocycles. The quantitative estimate of drug-likeness (QED) is 0.213. The van der Waals surface area contributed by atoms with Gasteiger partial charge in [-0.05, 0) is 103 Å². The summed E-state index contributed by atoms with van der Waals surface area (Å²) in [6, 6.07) is 16.5. The van der Waals surface area contributed by atoms with E-state index < -0.39 is 0 Å². The van der Waals surface area contributed by atoms with E-state index in [9.17, 15) is 0 Å². The van der Waals surface area contributed by atoms with Gasteiger partial charge in [0.2, 0.25) is 0 Å². The average molecular weight is 531 g/mol. The van der Waals surface area contributed by atoms with Crippen LogP contribution in [-0.2, 0) is 5.41 Å². The molecule has 0 unspecified atom stereocenters. The van der Waals surface area contributed by atoms with Gasteiger partial charge < -0.3 is 8.97 Å². The first-order valence-electron chi connectivity index (χ1n) is 15.7. The molecule has 0 bridgehead atoms. The zero-order chi connectivity index (χ0) is 29.2. The molecule has 1 aliphatic carbocycles. The molecule has 3 rings (SSSR count). The summed E-state index contributed by atoms with van der Waals surface area (Å²) in [5.74, 6) is 0. The lowest BCUT2D eigenvalue weighted by Crippen LogP contribution is -2.60. The summed E-state index contributed by atoms with van der Waals surface area (Å²) in [5.41, 5.74) is 8.27. The Kier molecular flexibility index (Phi) is 9.77. The molecular weight excluding hydrogens is 472 g/mol. The van der Waals surface area contributed by atoms with Crippen molar-refractivity contribution in [3.05, 3.63) is 71.8 Å². The van der Waals surface area contributed by atoms with Crippen molar-refractivity contribution in [1.29, 1.82) is 0 Å². The van der Waals surface area contributed by atoms with Gasteiger partial charge in [0.25, 0.3) is 0 Å². The fourth-order valence-corrected chi connectivity index (χ4v) is 8.25. The van der Waals surface area contributed by atoms with Crippen LogP contribution < -0.4 is 0 Å². The van der Waals surface area contributed by atoms with Crippen molar-refractivity contribution >= 4 is 12.2 Å². The SMILES string of the molecule is C=Cc1ccc2c(c1)C(CC[N+](CC)(C(C)C)C(C)C)(CC[N+](CC)(C(C)C)C(C)C)c1cc(C=C)ccc1-2. The van der Waals surface area contributed by atoms with Gasteiger partial charge in [-0.2, -0.15) is 0 Å². The van der Waals surface area contributed by atoms with Crippen LogP contribution in [0.5, 0.6) is 0 Å². The summed E-state index contributed by atoms with van der Waals surface area (Å²) in [6.07, 6.45) is 6.34. The van der Waals surface area contributed by atoms with E-state index in [1.54, 1.807) is 0 Å². The molecule has 214 valence electrons. The van der Waals surface area contributed by atoms with E-state index in [4.69, 9.17) is 0 Å². The molecule has 0 aliphatic heterocycles. The molecule has 0 fully saturated rings. The molecule has 2 heteroatoms. The highest BCUT2D eigenvalue weighted by Gasteiger charge is 2.48. The van der Waals surface area contributed by atoms with Crippen molar-refractivity contribution in [2.75, 3.05) is 26.2 Å².